The van der Waals surface area contributed by atoms with Crippen molar-refractivity contribution in [2.75, 3.05) is 6.61 Å². The predicted octanol–water partition coefficient (Wildman–Crippen LogP) is 5.11. The SMILES string of the molecule is CCCCCCOc1ccc(C(=O)N/N=C(\C)c2ccc(C)cc2)cc1. The van der Waals surface area contributed by atoms with Crippen LogP contribution in [0.2, 0.25) is 0 Å². The van der Waals surface area contributed by atoms with Crippen molar-refractivity contribution in [2.45, 2.75) is 46.5 Å². The van der Waals surface area contributed by atoms with Crippen LogP contribution in [0, 0.1) is 6.92 Å². The lowest BCUT2D eigenvalue weighted by atomic mass is 10.1. The van der Waals surface area contributed by atoms with Crippen LogP contribution in [-0.2, 0) is 0 Å². The highest BCUT2D eigenvalue weighted by atomic mass is 16.5. The highest BCUT2D eigenvalue weighted by molar-refractivity contribution is 6.00. The summed E-state index contributed by atoms with van der Waals surface area (Å²) in [6.07, 6.45) is 4.71. The molecule has 0 saturated carbocycles. The monoisotopic (exact) mass is 352 g/mol. The van der Waals surface area contributed by atoms with E-state index in [1.54, 1.807) is 12.1 Å². The number of amides is 1. The van der Waals surface area contributed by atoms with E-state index < -0.39 is 0 Å². The van der Waals surface area contributed by atoms with Gasteiger partial charge in [0.05, 0.1) is 12.3 Å². The molecular formula is C22H28N2O2. The van der Waals surface area contributed by atoms with Crippen LogP contribution in [0.25, 0.3) is 0 Å². The van der Waals surface area contributed by atoms with Gasteiger partial charge in [0.1, 0.15) is 5.75 Å². The van der Waals surface area contributed by atoms with Crippen molar-refractivity contribution >= 4 is 11.6 Å². The first-order chi connectivity index (χ1) is 12.6. The molecule has 2 aromatic carbocycles. The Morgan fingerprint density at radius 3 is 2.27 bits per heavy atom. The lowest BCUT2D eigenvalue weighted by molar-refractivity contribution is 0.0955. The summed E-state index contributed by atoms with van der Waals surface area (Å²) >= 11 is 0. The highest BCUT2D eigenvalue weighted by Gasteiger charge is 2.05. The van der Waals surface area contributed by atoms with Gasteiger partial charge in [-0.25, -0.2) is 5.43 Å². The van der Waals surface area contributed by atoms with Gasteiger partial charge in [-0.1, -0.05) is 56.0 Å². The second-order valence-electron chi connectivity index (χ2n) is 6.44. The molecule has 4 nitrogen and oxygen atoms in total. The van der Waals surface area contributed by atoms with Crippen LogP contribution in [-0.4, -0.2) is 18.2 Å². The van der Waals surface area contributed by atoms with E-state index in [4.69, 9.17) is 4.74 Å². The van der Waals surface area contributed by atoms with E-state index in [9.17, 15) is 4.79 Å². The molecule has 4 heteroatoms. The summed E-state index contributed by atoms with van der Waals surface area (Å²) in [5.74, 6) is 0.559. The fraction of sp³-hybridized carbons (Fsp3) is 0.364. The second kappa shape index (κ2) is 10.4. The Hall–Kier alpha value is -2.62. The average molecular weight is 352 g/mol. The summed E-state index contributed by atoms with van der Waals surface area (Å²) < 4.78 is 5.69. The van der Waals surface area contributed by atoms with Gasteiger partial charge in [-0.2, -0.15) is 5.10 Å². The van der Waals surface area contributed by atoms with Crippen molar-refractivity contribution in [3.8, 4) is 5.75 Å². The number of hydrogen-bond donors (Lipinski definition) is 1. The number of nitrogens with zero attached hydrogens (tertiary/aromatic N) is 1. The van der Waals surface area contributed by atoms with Crippen LogP contribution in [0.1, 0.15) is 61.0 Å². The Balaban J connectivity index is 1.85. The number of nitrogens with one attached hydrogen (secondary N) is 1. The van der Waals surface area contributed by atoms with Gasteiger partial charge in [0, 0.05) is 5.56 Å². The first-order valence-corrected chi connectivity index (χ1v) is 9.24. The Morgan fingerprint density at radius 1 is 0.962 bits per heavy atom. The van der Waals surface area contributed by atoms with Crippen LogP contribution in [0.5, 0.6) is 5.75 Å². The first-order valence-electron chi connectivity index (χ1n) is 9.24. The summed E-state index contributed by atoms with van der Waals surface area (Å²) in [5, 5.41) is 4.19. The van der Waals surface area contributed by atoms with Gasteiger partial charge in [0.2, 0.25) is 0 Å². The van der Waals surface area contributed by atoms with Crippen LogP contribution in [0.15, 0.2) is 53.6 Å². The maximum absolute atomic E-state index is 12.2. The summed E-state index contributed by atoms with van der Waals surface area (Å²) in [6, 6.07) is 15.2. The van der Waals surface area contributed by atoms with Crippen molar-refractivity contribution in [1.29, 1.82) is 0 Å². The van der Waals surface area contributed by atoms with E-state index in [2.05, 4.69) is 17.5 Å². The lowest BCUT2D eigenvalue weighted by Crippen LogP contribution is -2.19. The van der Waals surface area contributed by atoms with Crippen molar-refractivity contribution < 1.29 is 9.53 Å². The molecule has 1 amide bonds. The second-order valence-corrected chi connectivity index (χ2v) is 6.44. The van der Waals surface area contributed by atoms with E-state index in [-0.39, 0.29) is 5.91 Å². The van der Waals surface area contributed by atoms with E-state index in [0.29, 0.717) is 12.2 Å². The minimum atomic E-state index is -0.231. The lowest BCUT2D eigenvalue weighted by Gasteiger charge is -2.07. The van der Waals surface area contributed by atoms with Crippen molar-refractivity contribution in [2.24, 2.45) is 5.10 Å². The van der Waals surface area contributed by atoms with E-state index in [0.717, 1.165) is 23.4 Å². The molecule has 0 heterocycles. The number of rotatable bonds is 9. The molecule has 0 spiro atoms. The molecule has 138 valence electrons. The quantitative estimate of drug-likeness (QED) is 0.387. The van der Waals surface area contributed by atoms with Crippen LogP contribution in [0.3, 0.4) is 0 Å². The van der Waals surface area contributed by atoms with Gasteiger partial charge in [0.15, 0.2) is 0 Å². The van der Waals surface area contributed by atoms with Gasteiger partial charge < -0.3 is 4.74 Å². The van der Waals surface area contributed by atoms with Crippen molar-refractivity contribution in [1.82, 2.24) is 5.43 Å². The topological polar surface area (TPSA) is 50.7 Å². The van der Waals surface area contributed by atoms with Gasteiger partial charge in [-0.3, -0.25) is 4.79 Å². The Kier molecular flexibility index (Phi) is 7.87. The highest BCUT2D eigenvalue weighted by Crippen LogP contribution is 2.13. The molecule has 0 aliphatic heterocycles. The Bertz CT molecular complexity index is 719. The summed E-state index contributed by atoms with van der Waals surface area (Å²) in [7, 11) is 0. The third-order valence-corrected chi connectivity index (χ3v) is 4.18. The summed E-state index contributed by atoms with van der Waals surface area (Å²) in [4.78, 5) is 12.2. The number of ether oxygens (including phenoxy) is 1. The van der Waals surface area contributed by atoms with Gasteiger partial charge in [0.25, 0.3) is 5.91 Å². The van der Waals surface area contributed by atoms with Crippen LogP contribution >= 0.6 is 0 Å². The smallest absolute Gasteiger partial charge is 0.271 e. The first kappa shape index (κ1) is 19.7. The standard InChI is InChI=1S/C22H28N2O2/c1-4-5-6-7-16-26-21-14-12-20(13-15-21)22(25)24-23-18(3)19-10-8-17(2)9-11-19/h8-15H,4-7,16H2,1-3H3,(H,24,25)/b23-18+. The van der Waals surface area contributed by atoms with Crippen LogP contribution in [0.4, 0.5) is 0 Å². The minimum Gasteiger partial charge on any atom is -0.494 e. The van der Waals surface area contributed by atoms with E-state index >= 15 is 0 Å². The maximum atomic E-state index is 12.2. The molecular weight excluding hydrogens is 324 g/mol. The molecule has 0 bridgehead atoms. The number of unbranched alkanes of at least 4 members (excludes halogenated alkanes) is 3. The molecule has 26 heavy (non-hydrogen) atoms. The Morgan fingerprint density at radius 2 is 1.62 bits per heavy atom. The third-order valence-electron chi connectivity index (χ3n) is 4.18. The largest absolute Gasteiger partial charge is 0.494 e. The molecule has 0 aromatic heterocycles. The number of benzene rings is 2. The number of hydrogen-bond acceptors (Lipinski definition) is 3. The van der Waals surface area contributed by atoms with Gasteiger partial charge in [-0.05, 0) is 50.1 Å². The summed E-state index contributed by atoms with van der Waals surface area (Å²) in [6.45, 7) is 6.82. The fourth-order valence-electron chi connectivity index (χ4n) is 2.48. The molecule has 0 unspecified atom stereocenters. The number of aryl methyl sites for hydroxylation is 1. The Labute approximate surface area is 156 Å². The molecule has 0 aliphatic carbocycles. The number of carbonyl (C=O) groups is 1. The van der Waals surface area contributed by atoms with Crippen molar-refractivity contribution in [3.05, 3.63) is 65.2 Å². The minimum absolute atomic E-state index is 0.231. The normalized spacial score (nSPS) is 11.3. The molecule has 0 aliphatic rings. The molecule has 2 rings (SSSR count). The van der Waals surface area contributed by atoms with Gasteiger partial charge >= 0.3 is 0 Å². The van der Waals surface area contributed by atoms with Crippen LogP contribution < -0.4 is 10.2 Å². The average Bonchev–Trinajstić information content (AvgIpc) is 2.66. The van der Waals surface area contributed by atoms with E-state index in [1.807, 2.05) is 50.2 Å². The zero-order valence-corrected chi connectivity index (χ0v) is 15.9. The fourth-order valence-corrected chi connectivity index (χ4v) is 2.48. The van der Waals surface area contributed by atoms with Gasteiger partial charge in [-0.15, -0.1) is 0 Å². The summed E-state index contributed by atoms with van der Waals surface area (Å²) in [5.41, 5.74) is 6.12. The molecule has 0 atom stereocenters. The molecule has 0 saturated heterocycles. The zero-order valence-electron chi connectivity index (χ0n) is 15.9. The third kappa shape index (κ3) is 6.36. The molecule has 2 aromatic rings. The number of carbonyl (C=O) groups excluding carboxylic acids is 1. The van der Waals surface area contributed by atoms with Crippen molar-refractivity contribution in [3.63, 3.8) is 0 Å². The predicted molar refractivity (Wildman–Crippen MR) is 107 cm³/mol. The maximum Gasteiger partial charge on any atom is 0.271 e. The number of hydrazone groups is 1. The molecule has 0 fully saturated rings. The van der Waals surface area contributed by atoms with E-state index in [1.165, 1.54) is 24.8 Å². The molecule has 1 N–H and O–H groups in total. The zero-order chi connectivity index (χ0) is 18.8. The molecule has 0 radical (unpaired) electrons.